The van der Waals surface area contributed by atoms with E-state index in [2.05, 4.69) is 5.32 Å². The Morgan fingerprint density at radius 1 is 1.08 bits per heavy atom. The number of phenols is 1. The fourth-order valence-corrected chi connectivity index (χ4v) is 5.95. The lowest BCUT2D eigenvalue weighted by molar-refractivity contribution is -0.121. The molecule has 9 heteroatoms. The van der Waals surface area contributed by atoms with Crippen LogP contribution in [-0.2, 0) is 18.3 Å². The Labute approximate surface area is 230 Å². The average molecular weight is 546 g/mol. The summed E-state index contributed by atoms with van der Waals surface area (Å²) in [5, 5.41) is 15.1. The molecule has 200 valence electrons. The molecule has 0 saturated carbocycles. The van der Waals surface area contributed by atoms with Crippen molar-refractivity contribution in [1.82, 2.24) is 14.8 Å². The molecule has 2 amide bonds. The molecule has 3 heterocycles. The third-order valence-electron chi connectivity index (χ3n) is 7.68. The second-order valence-corrected chi connectivity index (χ2v) is 10.5. The van der Waals surface area contributed by atoms with Crippen LogP contribution < -0.4 is 14.8 Å². The molecular weight excluding hydrogens is 518 g/mol. The Bertz CT molecular complexity index is 1610. The molecule has 2 atom stereocenters. The second kappa shape index (κ2) is 9.85. The van der Waals surface area contributed by atoms with Crippen LogP contribution in [-0.4, -0.2) is 52.6 Å². The number of phenolic OH excluding ortho intramolecular Hbond substituents is 1. The zero-order valence-electron chi connectivity index (χ0n) is 21.6. The van der Waals surface area contributed by atoms with Gasteiger partial charge in [0.05, 0.1) is 23.7 Å². The standard InChI is InChI=1S/C30H28ClN3O5/c1-33-23(13-19-4-3-5-21(31)29(19)33)30(37)34-15-20-18-8-10-25(38-2)27(14-18)39-26-12-17(6-9-24(26)35)7-11-28(36)32-22(20)16-34/h3-6,8-10,12-14,20,22,35H,7,11,15-16H2,1-2H3,(H,32,36)/t20-,22+/m0/s1. The number of hydrogen-bond donors (Lipinski definition) is 2. The molecule has 1 aromatic heterocycles. The summed E-state index contributed by atoms with van der Waals surface area (Å²) < 4.78 is 13.5. The Morgan fingerprint density at radius 2 is 1.92 bits per heavy atom. The van der Waals surface area contributed by atoms with Gasteiger partial charge >= 0.3 is 0 Å². The summed E-state index contributed by atoms with van der Waals surface area (Å²) in [5.74, 6) is 0.837. The molecule has 8 nitrogen and oxygen atoms in total. The molecule has 3 aromatic carbocycles. The number of ether oxygens (including phenoxy) is 2. The fraction of sp³-hybridized carbons (Fsp3) is 0.267. The van der Waals surface area contributed by atoms with Gasteiger partial charge in [0.2, 0.25) is 5.91 Å². The lowest BCUT2D eigenvalue weighted by Gasteiger charge is -2.21. The third kappa shape index (κ3) is 4.55. The van der Waals surface area contributed by atoms with Crippen LogP contribution in [0.2, 0.25) is 5.02 Å². The quantitative estimate of drug-likeness (QED) is 0.369. The van der Waals surface area contributed by atoms with Crippen molar-refractivity contribution in [2.24, 2.45) is 7.05 Å². The van der Waals surface area contributed by atoms with Crippen LogP contribution in [0.15, 0.2) is 60.7 Å². The smallest absolute Gasteiger partial charge is 0.270 e. The minimum absolute atomic E-state index is 0.00361. The molecule has 2 N–H and O–H groups in total. The first-order chi connectivity index (χ1) is 18.8. The first-order valence-corrected chi connectivity index (χ1v) is 13.2. The summed E-state index contributed by atoms with van der Waals surface area (Å²) in [6, 6.07) is 17.8. The van der Waals surface area contributed by atoms with E-state index in [1.807, 2.05) is 48.0 Å². The number of aromatic hydroxyl groups is 1. The highest BCUT2D eigenvalue weighted by Gasteiger charge is 2.38. The van der Waals surface area contributed by atoms with Gasteiger partial charge in [-0.15, -0.1) is 0 Å². The molecular formula is C30H28ClN3O5. The molecule has 4 bridgehead atoms. The van der Waals surface area contributed by atoms with E-state index in [0.29, 0.717) is 41.7 Å². The maximum absolute atomic E-state index is 13.8. The van der Waals surface area contributed by atoms with Crippen LogP contribution in [0.25, 0.3) is 10.9 Å². The fourth-order valence-electron chi connectivity index (χ4n) is 5.64. The zero-order chi connectivity index (χ0) is 27.3. The van der Waals surface area contributed by atoms with Gasteiger partial charge in [-0.25, -0.2) is 0 Å². The number of hydrogen-bond acceptors (Lipinski definition) is 5. The highest BCUT2D eigenvalue weighted by Crippen LogP contribution is 2.40. The van der Waals surface area contributed by atoms with Crippen LogP contribution in [0, 0.1) is 0 Å². The number of nitrogens with zero attached hydrogens (tertiary/aromatic N) is 2. The number of methoxy groups -OCH3 is 1. The van der Waals surface area contributed by atoms with Crippen LogP contribution >= 0.6 is 11.6 Å². The summed E-state index contributed by atoms with van der Waals surface area (Å²) in [4.78, 5) is 28.6. The lowest BCUT2D eigenvalue weighted by atomic mass is 9.93. The number of carbonyl (C=O) groups excluding carboxylic acids is 2. The van der Waals surface area contributed by atoms with E-state index in [0.717, 1.165) is 22.0 Å². The zero-order valence-corrected chi connectivity index (χ0v) is 22.4. The second-order valence-electron chi connectivity index (χ2n) is 10.1. The van der Waals surface area contributed by atoms with Crippen molar-refractivity contribution in [3.05, 3.63) is 82.5 Å². The van der Waals surface area contributed by atoms with Crippen LogP contribution in [0.5, 0.6) is 23.0 Å². The van der Waals surface area contributed by atoms with Crippen molar-refractivity contribution in [3.8, 4) is 23.0 Å². The predicted octanol–water partition coefficient (Wildman–Crippen LogP) is 5.01. The van der Waals surface area contributed by atoms with Gasteiger partial charge in [0.15, 0.2) is 23.0 Å². The molecule has 0 aliphatic carbocycles. The Balaban J connectivity index is 1.38. The summed E-state index contributed by atoms with van der Waals surface area (Å²) in [6.45, 7) is 0.769. The Hall–Kier alpha value is -4.17. The molecule has 39 heavy (non-hydrogen) atoms. The third-order valence-corrected chi connectivity index (χ3v) is 7.99. The van der Waals surface area contributed by atoms with E-state index in [1.54, 1.807) is 36.3 Å². The van der Waals surface area contributed by atoms with Crippen molar-refractivity contribution in [1.29, 1.82) is 0 Å². The Kier molecular flexibility index (Phi) is 6.35. The number of carbonyl (C=O) groups is 2. The summed E-state index contributed by atoms with van der Waals surface area (Å²) >= 11 is 6.43. The van der Waals surface area contributed by atoms with Gasteiger partial charge in [-0.1, -0.05) is 35.9 Å². The minimum Gasteiger partial charge on any atom is -0.504 e. The highest BCUT2D eigenvalue weighted by molar-refractivity contribution is 6.35. The number of aryl methyl sites for hydroxylation is 2. The first-order valence-electron chi connectivity index (χ1n) is 12.8. The minimum atomic E-state index is -0.293. The maximum atomic E-state index is 13.8. The molecule has 1 fully saturated rings. The van der Waals surface area contributed by atoms with Crippen LogP contribution in [0.1, 0.15) is 34.0 Å². The number of nitrogens with one attached hydrogen (secondary N) is 1. The van der Waals surface area contributed by atoms with E-state index in [1.165, 1.54) is 0 Å². The Morgan fingerprint density at radius 3 is 2.72 bits per heavy atom. The molecule has 2 aliphatic rings. The monoisotopic (exact) mass is 545 g/mol. The van der Waals surface area contributed by atoms with Crippen molar-refractivity contribution in [2.45, 2.75) is 24.8 Å². The molecule has 0 unspecified atom stereocenters. The number of para-hydroxylation sites is 1. The molecule has 4 aromatic rings. The van der Waals surface area contributed by atoms with E-state index >= 15 is 0 Å². The van der Waals surface area contributed by atoms with E-state index in [4.69, 9.17) is 21.1 Å². The summed E-state index contributed by atoms with van der Waals surface area (Å²) in [5.41, 5.74) is 3.09. The largest absolute Gasteiger partial charge is 0.504 e. The lowest BCUT2D eigenvalue weighted by Crippen LogP contribution is -2.40. The summed E-state index contributed by atoms with van der Waals surface area (Å²) in [6.07, 6.45) is 0.748. The molecule has 2 aliphatic heterocycles. The van der Waals surface area contributed by atoms with E-state index < -0.39 is 0 Å². The highest BCUT2D eigenvalue weighted by atomic mass is 35.5. The average Bonchev–Trinajstić information content (AvgIpc) is 3.50. The normalized spacial score (nSPS) is 18.8. The van der Waals surface area contributed by atoms with E-state index in [-0.39, 0.29) is 41.7 Å². The number of aromatic nitrogens is 1. The van der Waals surface area contributed by atoms with Crippen LogP contribution in [0.3, 0.4) is 0 Å². The number of rotatable bonds is 2. The SMILES string of the molecule is COc1ccc2cc1Oc1cc(ccc1O)CCC(=O)N[C@@H]1CN(C(=O)c3cc4cccc(Cl)c4n3C)C[C@@H]21. The number of likely N-dealkylation sites (tertiary alicyclic amines) is 1. The number of halogens is 1. The van der Waals surface area contributed by atoms with Gasteiger partial charge in [-0.05, 0) is 53.9 Å². The van der Waals surface area contributed by atoms with Crippen molar-refractivity contribution < 1.29 is 24.2 Å². The predicted molar refractivity (Wildman–Crippen MR) is 148 cm³/mol. The van der Waals surface area contributed by atoms with Crippen molar-refractivity contribution >= 4 is 34.3 Å². The molecule has 6 rings (SSSR count). The van der Waals surface area contributed by atoms with Gasteiger partial charge in [-0.2, -0.15) is 0 Å². The molecule has 1 saturated heterocycles. The van der Waals surface area contributed by atoms with Crippen LogP contribution in [0.4, 0.5) is 0 Å². The van der Waals surface area contributed by atoms with Gasteiger partial charge in [0, 0.05) is 37.9 Å². The number of fused-ring (bicyclic) bond motifs is 7. The van der Waals surface area contributed by atoms with Gasteiger partial charge in [-0.3, -0.25) is 9.59 Å². The first kappa shape index (κ1) is 25.1. The van der Waals surface area contributed by atoms with Gasteiger partial charge in [0.25, 0.3) is 5.91 Å². The molecule has 0 spiro atoms. The topological polar surface area (TPSA) is 93.0 Å². The summed E-state index contributed by atoms with van der Waals surface area (Å²) in [7, 11) is 3.39. The van der Waals surface area contributed by atoms with Gasteiger partial charge < -0.3 is 29.4 Å². The maximum Gasteiger partial charge on any atom is 0.270 e. The number of amides is 2. The van der Waals surface area contributed by atoms with Crippen molar-refractivity contribution in [2.75, 3.05) is 20.2 Å². The molecule has 0 radical (unpaired) electrons. The van der Waals surface area contributed by atoms with E-state index in [9.17, 15) is 14.7 Å². The van der Waals surface area contributed by atoms with Crippen molar-refractivity contribution in [3.63, 3.8) is 0 Å². The number of benzene rings is 3. The van der Waals surface area contributed by atoms with Gasteiger partial charge in [0.1, 0.15) is 5.69 Å².